The molecule has 2 aromatic rings. The zero-order valence-electron chi connectivity index (χ0n) is 12.0. The van der Waals surface area contributed by atoms with E-state index >= 15 is 0 Å². The number of benzene rings is 2. The second kappa shape index (κ2) is 5.99. The molecule has 1 nitrogen and oxygen atoms in total. The van der Waals surface area contributed by atoms with Crippen molar-refractivity contribution in [3.63, 3.8) is 0 Å². The van der Waals surface area contributed by atoms with Crippen LogP contribution in [0.1, 0.15) is 22.3 Å². The van der Waals surface area contributed by atoms with Gasteiger partial charge >= 0.3 is 139 Å². The minimum absolute atomic E-state index is 0.304. The van der Waals surface area contributed by atoms with Crippen molar-refractivity contribution in [2.75, 3.05) is 5.73 Å². The minimum atomic E-state index is 0.304. The monoisotopic (exact) mass is 506 g/mol. The van der Waals surface area contributed by atoms with E-state index < -0.39 is 0 Å². The molecule has 0 aromatic heterocycles. The fourth-order valence-electron chi connectivity index (χ4n) is 2.09. The van der Waals surface area contributed by atoms with E-state index in [0.29, 0.717) is 41.1 Å². The predicted molar refractivity (Wildman–Crippen MR) is 80.9 cm³/mol. The van der Waals surface area contributed by atoms with Gasteiger partial charge in [-0.3, -0.25) is 0 Å². The third kappa shape index (κ3) is 3.24. The Morgan fingerprint density at radius 1 is 0.895 bits per heavy atom. The fraction of sp³-hybridized carbons (Fsp3) is 0.250. The molecule has 0 aliphatic rings. The van der Waals surface area contributed by atoms with Crippen LogP contribution >= 0.6 is 0 Å². The van der Waals surface area contributed by atoms with Gasteiger partial charge in [0.1, 0.15) is 0 Å². The number of nitrogens with two attached hydrogens (primary N) is 1. The Bertz CT molecular complexity index is 635. The van der Waals surface area contributed by atoms with Gasteiger partial charge in [0.15, 0.2) is 0 Å². The molecular formula is C16H18HgNSe. The molecule has 0 radical (unpaired) electrons. The molecule has 19 heavy (non-hydrogen) atoms. The number of rotatable bonds is 2. The van der Waals surface area contributed by atoms with Gasteiger partial charge in [0, 0.05) is 0 Å². The number of hydrogen-bond donors (Lipinski definition) is 1. The number of aryl methyl sites for hydroxylation is 2. The van der Waals surface area contributed by atoms with E-state index in [0.717, 1.165) is 5.69 Å². The summed E-state index contributed by atoms with van der Waals surface area (Å²) in [6.07, 6.45) is 0. The van der Waals surface area contributed by atoms with Crippen LogP contribution in [0.3, 0.4) is 0 Å². The topological polar surface area (TPSA) is 26.0 Å². The first-order valence-corrected chi connectivity index (χ1v) is 10.8. The van der Waals surface area contributed by atoms with Gasteiger partial charge in [0.25, 0.3) is 0 Å². The molecule has 0 aliphatic carbocycles. The van der Waals surface area contributed by atoms with Crippen LogP contribution in [0.5, 0.6) is 0 Å². The normalized spacial score (nSPS) is 10.8. The SMILES string of the molecule is Cc1c[c]([Hg])ccc1[Se]c1cc(C)c(C)c(C)c1N. The molecule has 0 atom stereocenters. The van der Waals surface area contributed by atoms with Crippen LogP contribution in [-0.2, 0) is 26.1 Å². The molecule has 95 valence electrons. The molecule has 2 aromatic carbocycles. The fourth-order valence-corrected chi connectivity index (χ4v) is 6.03. The molecule has 0 heterocycles. The molecule has 0 bridgehead atoms. The summed E-state index contributed by atoms with van der Waals surface area (Å²) < 4.78 is 4.29. The number of hydrogen-bond acceptors (Lipinski definition) is 1. The summed E-state index contributed by atoms with van der Waals surface area (Å²) in [5, 5.41) is 0. The summed E-state index contributed by atoms with van der Waals surface area (Å²) in [5.41, 5.74) is 12.6. The van der Waals surface area contributed by atoms with E-state index in [9.17, 15) is 0 Å². The maximum atomic E-state index is 6.31. The van der Waals surface area contributed by atoms with Crippen LogP contribution in [0.15, 0.2) is 24.3 Å². The Balaban J connectivity index is 2.44. The molecule has 0 unspecified atom stereocenters. The van der Waals surface area contributed by atoms with Crippen molar-refractivity contribution >= 4 is 32.6 Å². The summed E-state index contributed by atoms with van der Waals surface area (Å²) in [6, 6.07) is 9.18. The van der Waals surface area contributed by atoms with Crippen LogP contribution < -0.4 is 17.7 Å². The van der Waals surface area contributed by atoms with E-state index in [-0.39, 0.29) is 0 Å². The van der Waals surface area contributed by atoms with Crippen molar-refractivity contribution in [1.82, 2.24) is 0 Å². The van der Waals surface area contributed by atoms with E-state index in [1.54, 1.807) is 0 Å². The van der Waals surface area contributed by atoms with Crippen LogP contribution in [0.25, 0.3) is 0 Å². The van der Waals surface area contributed by atoms with Crippen molar-refractivity contribution in [3.8, 4) is 0 Å². The van der Waals surface area contributed by atoms with Gasteiger partial charge in [0.05, 0.1) is 0 Å². The first kappa shape index (κ1) is 15.1. The first-order valence-electron chi connectivity index (χ1n) is 6.37. The van der Waals surface area contributed by atoms with Crippen LogP contribution in [0, 0.1) is 27.7 Å². The second-order valence-corrected chi connectivity index (χ2v) is 10.5. The maximum absolute atomic E-state index is 6.31. The van der Waals surface area contributed by atoms with Gasteiger partial charge in [-0.25, -0.2) is 0 Å². The van der Waals surface area contributed by atoms with Crippen molar-refractivity contribution in [2.24, 2.45) is 0 Å². The molecule has 0 amide bonds. The van der Waals surface area contributed by atoms with Crippen molar-refractivity contribution < 1.29 is 26.1 Å². The van der Waals surface area contributed by atoms with Crippen LogP contribution in [-0.4, -0.2) is 15.0 Å². The Morgan fingerprint density at radius 3 is 2.21 bits per heavy atom. The standard InChI is InChI=1S/C16H18NSe.Hg/c1-10-7-5-6-8-14(10)18-15-9-11(2)12(3)13(4)16(15)17;/h6-9H,17H2,1-4H3;. The van der Waals surface area contributed by atoms with Crippen molar-refractivity contribution in [3.05, 3.63) is 46.5 Å². The second-order valence-electron chi connectivity index (χ2n) is 5.06. The van der Waals surface area contributed by atoms with Crippen molar-refractivity contribution in [2.45, 2.75) is 27.7 Å². The van der Waals surface area contributed by atoms with Gasteiger partial charge in [0.2, 0.25) is 0 Å². The van der Waals surface area contributed by atoms with E-state index in [1.165, 1.54) is 34.2 Å². The zero-order chi connectivity index (χ0) is 14.2. The Labute approximate surface area is 138 Å². The quantitative estimate of drug-likeness (QED) is 0.486. The summed E-state index contributed by atoms with van der Waals surface area (Å²) in [4.78, 5) is 0. The molecule has 0 aliphatic heterocycles. The van der Waals surface area contributed by atoms with Gasteiger partial charge in [-0.15, -0.1) is 0 Å². The summed E-state index contributed by atoms with van der Waals surface area (Å²) in [6.45, 7) is 8.68. The number of nitrogen functional groups attached to an aromatic ring is 1. The molecule has 0 spiro atoms. The summed E-state index contributed by atoms with van der Waals surface area (Å²) >= 11 is 1.02. The third-order valence-corrected chi connectivity index (χ3v) is 7.93. The molecule has 3 heteroatoms. The Kier molecular flexibility index (Phi) is 4.76. The first-order chi connectivity index (χ1) is 8.90. The van der Waals surface area contributed by atoms with Crippen LogP contribution in [0.4, 0.5) is 5.69 Å². The van der Waals surface area contributed by atoms with Crippen LogP contribution in [0.2, 0.25) is 0 Å². The molecule has 0 saturated heterocycles. The van der Waals surface area contributed by atoms with E-state index in [2.05, 4.69) is 52.0 Å². The van der Waals surface area contributed by atoms with E-state index in [1.807, 2.05) is 0 Å². The molecule has 0 fully saturated rings. The van der Waals surface area contributed by atoms with Gasteiger partial charge < -0.3 is 0 Å². The summed E-state index contributed by atoms with van der Waals surface area (Å²) in [7, 11) is 0. The van der Waals surface area contributed by atoms with Gasteiger partial charge in [-0.2, -0.15) is 0 Å². The van der Waals surface area contributed by atoms with Crippen molar-refractivity contribution in [1.29, 1.82) is 0 Å². The average Bonchev–Trinajstić information content (AvgIpc) is 2.36. The zero-order valence-corrected chi connectivity index (χ0v) is 19.2. The number of anilines is 1. The predicted octanol–water partition coefficient (Wildman–Crippen LogP) is 1.33. The third-order valence-electron chi connectivity index (χ3n) is 3.63. The Hall–Kier alpha value is -0.305. The molecule has 2 N–H and O–H groups in total. The van der Waals surface area contributed by atoms with E-state index in [4.69, 9.17) is 5.73 Å². The molecule has 0 saturated carbocycles. The van der Waals surface area contributed by atoms with Gasteiger partial charge in [-0.05, 0) is 0 Å². The average molecular weight is 504 g/mol. The molecule has 2 rings (SSSR count). The van der Waals surface area contributed by atoms with Gasteiger partial charge in [-0.1, -0.05) is 0 Å². The summed E-state index contributed by atoms with van der Waals surface area (Å²) in [5.74, 6) is 0. The Morgan fingerprint density at radius 2 is 1.58 bits per heavy atom. The molecular weight excluding hydrogens is 486 g/mol.